The van der Waals surface area contributed by atoms with E-state index in [1.54, 1.807) is 4.72 Å². The predicted octanol–water partition coefficient (Wildman–Crippen LogP) is 3.15. The molecule has 20 heteroatoms. The number of ether oxygens (including phenoxy) is 2. The van der Waals surface area contributed by atoms with Crippen molar-refractivity contribution >= 4 is 52.9 Å². The van der Waals surface area contributed by atoms with Gasteiger partial charge in [-0.1, -0.05) is 0 Å². The van der Waals surface area contributed by atoms with Crippen LogP contribution in [0.5, 0.6) is 11.8 Å². The van der Waals surface area contributed by atoms with Crippen LogP contribution in [0, 0.1) is 23.3 Å². The molecule has 2 heterocycles. The highest BCUT2D eigenvalue weighted by molar-refractivity contribution is 7.88. The fourth-order valence-corrected chi connectivity index (χ4v) is 5.86. The Morgan fingerprint density at radius 3 is 1.47 bits per heavy atom. The average Bonchev–Trinajstić information content (AvgIpc) is 3.08. The second-order valence-corrected chi connectivity index (χ2v) is 12.6. The highest BCUT2D eigenvalue weighted by Gasteiger charge is 2.32. The number of methoxy groups -OCH3 is 2. The van der Waals surface area contributed by atoms with E-state index < -0.39 is 76.2 Å². The summed E-state index contributed by atoms with van der Waals surface area (Å²) in [6.07, 6.45) is 1.48. The van der Waals surface area contributed by atoms with Gasteiger partial charge in [-0.25, -0.2) is 37.0 Å². The second kappa shape index (κ2) is 18.3. The summed E-state index contributed by atoms with van der Waals surface area (Å²) in [5.41, 5.74) is 0.261. The van der Waals surface area contributed by atoms with Gasteiger partial charge in [0.15, 0.2) is 0 Å². The minimum atomic E-state index is -4.98. The van der Waals surface area contributed by atoms with E-state index in [4.69, 9.17) is 9.47 Å². The Morgan fingerprint density at radius 2 is 1.09 bits per heavy atom. The summed E-state index contributed by atoms with van der Waals surface area (Å²) in [5.74, 6) is -5.21. The van der Waals surface area contributed by atoms with Gasteiger partial charge in [0.2, 0.25) is 23.6 Å². The van der Waals surface area contributed by atoms with Crippen molar-refractivity contribution in [3.8, 4) is 11.8 Å². The smallest absolute Gasteiger partial charge is 0.330 e. The van der Waals surface area contributed by atoms with Gasteiger partial charge in [0.1, 0.15) is 35.4 Å². The van der Waals surface area contributed by atoms with Crippen molar-refractivity contribution in [2.45, 2.75) is 24.9 Å². The van der Waals surface area contributed by atoms with E-state index in [0.717, 1.165) is 34.1 Å². The number of carbonyl (C=O) groups excluding carboxylic acids is 3. The SMILES string of the molecule is COc1ccc(N(C)C(=O)[C@H](Cc2cc(F)cc(F)c2)NC(=O)NS(=O)(=O)N[C@@H](Cc2cc(F)cc(F)c2)C(=O)N(C)c2ccc(OC)nc2)cn1.S. The third-order valence-corrected chi connectivity index (χ3v) is 8.49. The first-order chi connectivity index (χ1) is 24.6. The Morgan fingerprint density at radius 1 is 0.698 bits per heavy atom. The normalized spacial score (nSPS) is 12.1. The number of likely N-dealkylation sites (N-methyl/N-ethyl adjacent to an activating group) is 2. The Bertz CT molecular complexity index is 1990. The molecule has 0 spiro atoms. The number of halogens is 4. The third-order valence-electron chi connectivity index (χ3n) is 7.45. The Hall–Kier alpha value is -5.47. The van der Waals surface area contributed by atoms with Gasteiger partial charge < -0.3 is 24.6 Å². The van der Waals surface area contributed by atoms with Crippen molar-refractivity contribution in [1.82, 2.24) is 24.7 Å². The molecule has 0 aliphatic rings. The zero-order chi connectivity index (χ0) is 38.2. The van der Waals surface area contributed by atoms with Crippen LogP contribution >= 0.6 is 13.5 Å². The fraction of sp³-hybridized carbons (Fsp3) is 0.242. The molecular weight excluding hydrogens is 747 g/mol. The number of nitrogens with one attached hydrogen (secondary N) is 3. The number of carbonyl (C=O) groups is 3. The van der Waals surface area contributed by atoms with E-state index in [1.165, 1.54) is 65.0 Å². The second-order valence-electron chi connectivity index (χ2n) is 11.2. The molecule has 53 heavy (non-hydrogen) atoms. The first-order valence-corrected chi connectivity index (χ1v) is 16.6. The van der Waals surface area contributed by atoms with Crippen LogP contribution in [-0.4, -0.2) is 76.6 Å². The number of benzene rings is 2. The minimum Gasteiger partial charge on any atom is -0.481 e. The molecule has 2 atom stereocenters. The summed E-state index contributed by atoms with van der Waals surface area (Å²) < 4.78 is 96.4. The molecule has 0 saturated heterocycles. The fourth-order valence-electron chi connectivity index (χ4n) is 4.94. The van der Waals surface area contributed by atoms with Crippen molar-refractivity contribution in [2.24, 2.45) is 0 Å². The van der Waals surface area contributed by atoms with Gasteiger partial charge in [0, 0.05) is 44.8 Å². The zero-order valence-corrected chi connectivity index (χ0v) is 30.4. The molecular formula is C33H35F4N7O7S2. The van der Waals surface area contributed by atoms with Gasteiger partial charge in [0.25, 0.3) is 0 Å². The van der Waals surface area contributed by atoms with Crippen LogP contribution in [-0.2, 0) is 32.6 Å². The number of nitrogens with zero attached hydrogens (tertiary/aromatic N) is 4. The van der Waals surface area contributed by atoms with Gasteiger partial charge in [0.05, 0.1) is 38.0 Å². The zero-order valence-electron chi connectivity index (χ0n) is 28.6. The summed E-state index contributed by atoms with van der Waals surface area (Å²) in [7, 11) is 0.389. The highest BCUT2D eigenvalue weighted by atomic mass is 32.2. The molecule has 0 radical (unpaired) electrons. The molecule has 4 aromatic rings. The van der Waals surface area contributed by atoms with Crippen molar-refractivity contribution in [2.75, 3.05) is 38.1 Å². The lowest BCUT2D eigenvalue weighted by Gasteiger charge is -2.26. The quantitative estimate of drug-likeness (QED) is 0.163. The van der Waals surface area contributed by atoms with Crippen LogP contribution in [0.3, 0.4) is 0 Å². The molecule has 0 unspecified atom stereocenters. The van der Waals surface area contributed by atoms with Crippen LogP contribution in [0.15, 0.2) is 73.1 Å². The molecule has 2 aromatic heterocycles. The lowest BCUT2D eigenvalue weighted by Crippen LogP contribution is -2.57. The number of pyridine rings is 2. The van der Waals surface area contributed by atoms with Crippen LogP contribution in [0.25, 0.3) is 0 Å². The topological polar surface area (TPSA) is 172 Å². The van der Waals surface area contributed by atoms with Crippen molar-refractivity contribution in [3.05, 3.63) is 107 Å². The first-order valence-electron chi connectivity index (χ1n) is 15.1. The summed E-state index contributed by atoms with van der Waals surface area (Å²) in [4.78, 5) is 50.5. The van der Waals surface area contributed by atoms with Gasteiger partial charge in [-0.2, -0.15) is 26.6 Å². The molecule has 0 fully saturated rings. The van der Waals surface area contributed by atoms with Crippen molar-refractivity contribution < 1.29 is 49.8 Å². The van der Waals surface area contributed by atoms with E-state index in [0.29, 0.717) is 12.1 Å². The maximum atomic E-state index is 14.0. The van der Waals surface area contributed by atoms with Gasteiger partial charge in [-0.05, 0) is 53.9 Å². The number of hydrogen-bond donors (Lipinski definition) is 3. The summed E-state index contributed by atoms with van der Waals surface area (Å²) in [6.45, 7) is 0. The number of rotatable bonds is 14. The van der Waals surface area contributed by atoms with Crippen LogP contribution in [0.2, 0.25) is 0 Å². The van der Waals surface area contributed by atoms with Crippen LogP contribution in [0.1, 0.15) is 11.1 Å². The maximum Gasteiger partial charge on any atom is 0.330 e. The lowest BCUT2D eigenvalue weighted by molar-refractivity contribution is -0.120. The van der Waals surface area contributed by atoms with Gasteiger partial charge in [-0.3, -0.25) is 9.59 Å². The Balaban J connectivity index is 0.00000756. The third kappa shape index (κ3) is 11.8. The molecule has 14 nitrogen and oxygen atoms in total. The van der Waals surface area contributed by atoms with Crippen LogP contribution in [0.4, 0.5) is 33.7 Å². The number of anilines is 2. The number of hydrogen-bond acceptors (Lipinski definition) is 9. The molecule has 0 aliphatic heterocycles. The summed E-state index contributed by atoms with van der Waals surface area (Å²) in [5, 5.41) is 2.20. The number of urea groups is 1. The van der Waals surface area contributed by atoms with E-state index in [1.807, 2.05) is 4.72 Å². The summed E-state index contributed by atoms with van der Waals surface area (Å²) >= 11 is 0. The largest absolute Gasteiger partial charge is 0.481 e. The molecule has 284 valence electrons. The predicted molar refractivity (Wildman–Crippen MR) is 190 cm³/mol. The molecule has 3 N–H and O–H groups in total. The molecule has 0 saturated carbocycles. The molecule has 0 bridgehead atoms. The maximum absolute atomic E-state index is 14.0. The number of amides is 4. The molecule has 4 amide bonds. The van der Waals surface area contributed by atoms with E-state index >= 15 is 0 Å². The van der Waals surface area contributed by atoms with Crippen molar-refractivity contribution in [1.29, 1.82) is 0 Å². The summed E-state index contributed by atoms with van der Waals surface area (Å²) in [6, 6.07) is 5.81. The first kappa shape index (κ1) is 41.9. The minimum absolute atomic E-state index is 0. The van der Waals surface area contributed by atoms with Crippen molar-refractivity contribution in [3.63, 3.8) is 0 Å². The lowest BCUT2D eigenvalue weighted by atomic mass is 10.0. The highest BCUT2D eigenvalue weighted by Crippen LogP contribution is 2.20. The van der Waals surface area contributed by atoms with Gasteiger partial charge >= 0.3 is 16.2 Å². The Labute approximate surface area is 309 Å². The monoisotopic (exact) mass is 781 g/mol. The standard InChI is InChI=1S/C33H33F4N7O7S.H2S/c1-43(25-5-7-29(50-3)38-17-25)31(45)27(13-19-9-21(34)15-22(35)10-19)40-33(47)42-52(48,49)41-28(14-20-11-23(36)16-24(37)12-20)32(46)44(2)26-6-8-30(51-4)39-18-26;/h5-12,15-18,27-28,41H,13-14H2,1-4H3,(H2,40,42,47);1H2/t27-,28-;/m0./s1. The van der Waals surface area contributed by atoms with E-state index in [9.17, 15) is 40.4 Å². The molecule has 0 aliphatic carbocycles. The van der Waals surface area contributed by atoms with Gasteiger partial charge in [-0.15, -0.1) is 0 Å². The van der Waals surface area contributed by atoms with E-state index in [2.05, 4.69) is 15.3 Å². The molecule has 4 rings (SSSR count). The number of aromatic nitrogens is 2. The van der Waals surface area contributed by atoms with E-state index in [-0.39, 0.29) is 47.8 Å². The average molecular weight is 782 g/mol. The molecule has 2 aromatic carbocycles. The van der Waals surface area contributed by atoms with Crippen LogP contribution < -0.4 is 34.0 Å². The Kier molecular flexibility index (Phi) is 14.5.